The van der Waals surface area contributed by atoms with E-state index in [1.165, 1.54) is 97.4 Å². The van der Waals surface area contributed by atoms with Crippen LogP contribution in [0.3, 0.4) is 0 Å². The van der Waals surface area contributed by atoms with Gasteiger partial charge in [-0.05, 0) is 36.8 Å². The molecule has 3 aromatic rings. The van der Waals surface area contributed by atoms with Crippen molar-refractivity contribution in [2.24, 2.45) is 0 Å². The fraction of sp³-hybridized carbons (Fsp3) is 0.552. The average Bonchev–Trinajstić information content (AvgIpc) is 2.78. The molecule has 1 aromatic heterocycles. The van der Waals surface area contributed by atoms with E-state index in [-0.39, 0.29) is 0 Å². The standard InChI is InChI=1S/C29H44N3/c1-6-7-8-9-10-11-12-13-14-15-20-32-28-22-26(30(2)3)18-16-24(28)21-25-17-19-27(31(4)5)23-29(25)32/h16-19,21-23H,6-15,20H2,1-5H3/q+1. The Labute approximate surface area is 196 Å². The Morgan fingerprint density at radius 2 is 1.00 bits per heavy atom. The summed E-state index contributed by atoms with van der Waals surface area (Å²) in [5.74, 6) is 0. The van der Waals surface area contributed by atoms with Crippen LogP contribution in [0.1, 0.15) is 71.1 Å². The number of fused-ring (bicyclic) bond motifs is 2. The first-order chi connectivity index (χ1) is 15.5. The second-order valence-corrected chi connectivity index (χ2v) is 9.75. The maximum Gasteiger partial charge on any atom is 0.215 e. The van der Waals surface area contributed by atoms with E-state index in [4.69, 9.17) is 0 Å². The van der Waals surface area contributed by atoms with E-state index in [2.05, 4.69) is 91.9 Å². The van der Waals surface area contributed by atoms with Gasteiger partial charge in [-0.2, -0.15) is 4.57 Å². The number of aromatic nitrogens is 1. The van der Waals surface area contributed by atoms with Crippen LogP contribution in [-0.2, 0) is 6.54 Å². The second kappa shape index (κ2) is 12.1. The van der Waals surface area contributed by atoms with Gasteiger partial charge in [-0.1, -0.05) is 58.3 Å². The normalized spacial score (nSPS) is 11.4. The molecule has 32 heavy (non-hydrogen) atoms. The van der Waals surface area contributed by atoms with Crippen molar-refractivity contribution in [3.05, 3.63) is 42.5 Å². The van der Waals surface area contributed by atoms with Crippen LogP contribution in [0.2, 0.25) is 0 Å². The highest BCUT2D eigenvalue weighted by Crippen LogP contribution is 2.25. The van der Waals surface area contributed by atoms with Crippen LogP contribution in [0.5, 0.6) is 0 Å². The van der Waals surface area contributed by atoms with Gasteiger partial charge in [0, 0.05) is 68.9 Å². The molecule has 0 aliphatic heterocycles. The molecule has 0 radical (unpaired) electrons. The summed E-state index contributed by atoms with van der Waals surface area (Å²) in [5, 5.41) is 2.65. The van der Waals surface area contributed by atoms with Crippen molar-refractivity contribution in [2.75, 3.05) is 38.0 Å². The van der Waals surface area contributed by atoms with Crippen molar-refractivity contribution >= 4 is 33.2 Å². The van der Waals surface area contributed by atoms with Crippen LogP contribution >= 0.6 is 0 Å². The van der Waals surface area contributed by atoms with Crippen LogP contribution in [-0.4, -0.2) is 28.2 Å². The molecule has 0 bridgehead atoms. The zero-order valence-corrected chi connectivity index (χ0v) is 21.2. The molecule has 3 rings (SSSR count). The molecule has 0 saturated heterocycles. The summed E-state index contributed by atoms with van der Waals surface area (Å²) in [4.78, 5) is 4.40. The maximum atomic E-state index is 2.56. The van der Waals surface area contributed by atoms with Crippen molar-refractivity contribution in [3.63, 3.8) is 0 Å². The minimum Gasteiger partial charge on any atom is -0.377 e. The summed E-state index contributed by atoms with van der Waals surface area (Å²) in [6.07, 6.45) is 13.7. The average molecular weight is 435 g/mol. The molecule has 1 heterocycles. The molecule has 0 aliphatic rings. The molecule has 0 saturated carbocycles. The van der Waals surface area contributed by atoms with Crippen molar-refractivity contribution in [1.29, 1.82) is 0 Å². The molecular formula is C29H44N3+. The Balaban J connectivity index is 1.74. The van der Waals surface area contributed by atoms with E-state index in [9.17, 15) is 0 Å². The van der Waals surface area contributed by atoms with Gasteiger partial charge in [-0.25, -0.2) is 0 Å². The molecule has 3 heteroatoms. The van der Waals surface area contributed by atoms with Crippen molar-refractivity contribution in [3.8, 4) is 0 Å². The molecule has 3 nitrogen and oxygen atoms in total. The number of pyridine rings is 1. The quantitative estimate of drug-likeness (QED) is 0.158. The van der Waals surface area contributed by atoms with Gasteiger partial charge >= 0.3 is 0 Å². The first-order valence-electron chi connectivity index (χ1n) is 12.8. The number of hydrogen-bond donors (Lipinski definition) is 0. The van der Waals surface area contributed by atoms with Crippen molar-refractivity contribution < 1.29 is 4.57 Å². The third kappa shape index (κ3) is 6.37. The zero-order chi connectivity index (χ0) is 22.9. The maximum absolute atomic E-state index is 2.56. The summed E-state index contributed by atoms with van der Waals surface area (Å²) < 4.78 is 2.56. The number of anilines is 2. The predicted octanol–water partition coefficient (Wildman–Crippen LogP) is 7.33. The molecule has 0 N–H and O–H groups in total. The molecule has 174 valence electrons. The van der Waals surface area contributed by atoms with Crippen LogP contribution in [0.4, 0.5) is 11.4 Å². The number of rotatable bonds is 13. The Morgan fingerprint density at radius 3 is 1.44 bits per heavy atom. The Hall–Kier alpha value is -2.29. The summed E-state index contributed by atoms with van der Waals surface area (Å²) >= 11 is 0. The highest BCUT2D eigenvalue weighted by atomic mass is 15.1. The van der Waals surface area contributed by atoms with Crippen molar-refractivity contribution in [2.45, 2.75) is 77.7 Å². The van der Waals surface area contributed by atoms with E-state index in [0.717, 1.165) is 6.54 Å². The van der Waals surface area contributed by atoms with Crippen LogP contribution in [0, 0.1) is 0 Å². The SMILES string of the molecule is CCCCCCCCCCCC[n+]1c2cc(N(C)C)ccc2cc2ccc(N(C)C)cc21. The third-order valence-electron chi connectivity index (χ3n) is 6.69. The lowest BCUT2D eigenvalue weighted by Crippen LogP contribution is -2.36. The lowest BCUT2D eigenvalue weighted by atomic mass is 10.1. The Bertz CT molecular complexity index is 925. The number of aryl methyl sites for hydroxylation is 1. The van der Waals surface area contributed by atoms with Gasteiger partial charge in [0.25, 0.3) is 0 Å². The van der Waals surface area contributed by atoms with E-state index < -0.39 is 0 Å². The lowest BCUT2D eigenvalue weighted by molar-refractivity contribution is -0.645. The smallest absolute Gasteiger partial charge is 0.215 e. The molecule has 0 unspecified atom stereocenters. The van der Waals surface area contributed by atoms with Crippen LogP contribution in [0.25, 0.3) is 21.8 Å². The Morgan fingerprint density at radius 1 is 0.562 bits per heavy atom. The summed E-state index contributed by atoms with van der Waals surface area (Å²) in [6, 6.07) is 16.1. The lowest BCUT2D eigenvalue weighted by Gasteiger charge is -2.15. The second-order valence-electron chi connectivity index (χ2n) is 9.75. The van der Waals surface area contributed by atoms with E-state index in [0.29, 0.717) is 0 Å². The largest absolute Gasteiger partial charge is 0.377 e. The molecule has 0 atom stereocenters. The first-order valence-corrected chi connectivity index (χ1v) is 12.8. The predicted molar refractivity (Wildman–Crippen MR) is 142 cm³/mol. The van der Waals surface area contributed by atoms with Crippen molar-refractivity contribution in [1.82, 2.24) is 0 Å². The van der Waals surface area contributed by atoms with E-state index >= 15 is 0 Å². The van der Waals surface area contributed by atoms with Crippen LogP contribution < -0.4 is 14.4 Å². The molecule has 2 aromatic carbocycles. The summed E-state index contributed by atoms with van der Waals surface area (Å²) in [6.45, 7) is 3.37. The molecular weight excluding hydrogens is 390 g/mol. The zero-order valence-electron chi connectivity index (χ0n) is 21.2. The Kier molecular flexibility index (Phi) is 9.20. The number of unbranched alkanes of at least 4 members (excludes halogenated alkanes) is 9. The topological polar surface area (TPSA) is 10.4 Å². The minimum atomic E-state index is 1.08. The first kappa shape index (κ1) is 24.4. The van der Waals surface area contributed by atoms with Crippen LogP contribution in [0.15, 0.2) is 42.5 Å². The minimum absolute atomic E-state index is 1.08. The number of benzene rings is 2. The van der Waals surface area contributed by atoms with Gasteiger partial charge < -0.3 is 9.80 Å². The van der Waals surface area contributed by atoms with Gasteiger partial charge in [0.1, 0.15) is 6.54 Å². The fourth-order valence-electron chi connectivity index (χ4n) is 4.63. The summed E-state index contributed by atoms with van der Waals surface area (Å²) in [5.41, 5.74) is 5.21. The molecule has 0 fully saturated rings. The van der Waals surface area contributed by atoms with Gasteiger partial charge in [-0.15, -0.1) is 0 Å². The van der Waals surface area contributed by atoms with Gasteiger partial charge in [0.05, 0.1) is 0 Å². The number of nitrogens with zero attached hydrogens (tertiary/aromatic N) is 3. The fourth-order valence-corrected chi connectivity index (χ4v) is 4.63. The van der Waals surface area contributed by atoms with E-state index in [1.807, 2.05) is 0 Å². The highest BCUT2D eigenvalue weighted by molar-refractivity contribution is 5.91. The third-order valence-corrected chi connectivity index (χ3v) is 6.69. The summed E-state index contributed by atoms with van der Waals surface area (Å²) in [7, 11) is 8.50. The highest BCUT2D eigenvalue weighted by Gasteiger charge is 2.17. The van der Waals surface area contributed by atoms with Gasteiger partial charge in [0.15, 0.2) is 0 Å². The molecule has 0 amide bonds. The molecule has 0 spiro atoms. The number of hydrogen-bond acceptors (Lipinski definition) is 2. The monoisotopic (exact) mass is 434 g/mol. The van der Waals surface area contributed by atoms with E-state index in [1.54, 1.807) is 0 Å². The van der Waals surface area contributed by atoms with Gasteiger partial charge in [-0.3, -0.25) is 0 Å². The van der Waals surface area contributed by atoms with Gasteiger partial charge in [0.2, 0.25) is 11.0 Å². The molecule has 0 aliphatic carbocycles.